The molecule has 19 heavy (non-hydrogen) atoms. The van der Waals surface area contributed by atoms with Gasteiger partial charge in [-0.25, -0.2) is 4.79 Å². The molecule has 0 aliphatic carbocycles. The smallest absolute Gasteiger partial charge is 0.354 e. The molecule has 0 saturated heterocycles. The lowest BCUT2D eigenvalue weighted by Crippen LogP contribution is -2.05. The van der Waals surface area contributed by atoms with E-state index in [0.29, 0.717) is 45.6 Å². The van der Waals surface area contributed by atoms with Gasteiger partial charge in [0.25, 0.3) is 0 Å². The van der Waals surface area contributed by atoms with Gasteiger partial charge in [-0.3, -0.25) is 5.10 Å². The number of aromatic amines is 1. The van der Waals surface area contributed by atoms with Gasteiger partial charge in [0.15, 0.2) is 0 Å². The number of carboxylic acids is 1. The van der Waals surface area contributed by atoms with Crippen LogP contribution in [0.15, 0.2) is 12.1 Å². The fourth-order valence-corrected chi connectivity index (χ4v) is 2.69. The first kappa shape index (κ1) is 12.3. The molecule has 2 N–H and O–H groups in total. The lowest BCUT2D eigenvalue weighted by atomic mass is 10.0. The highest BCUT2D eigenvalue weighted by atomic mass is 35.5. The summed E-state index contributed by atoms with van der Waals surface area (Å²) in [6, 6.07) is 3.25. The van der Waals surface area contributed by atoms with Gasteiger partial charge in [-0.1, -0.05) is 23.2 Å². The maximum Gasteiger partial charge on any atom is 0.354 e. The van der Waals surface area contributed by atoms with Gasteiger partial charge in [0.05, 0.1) is 11.6 Å². The van der Waals surface area contributed by atoms with Crippen LogP contribution in [0.25, 0.3) is 11.3 Å². The van der Waals surface area contributed by atoms with Gasteiger partial charge >= 0.3 is 5.97 Å². The lowest BCUT2D eigenvalue weighted by molar-refractivity contribution is 0.0689. The Kier molecular flexibility index (Phi) is 2.88. The number of halogens is 2. The van der Waals surface area contributed by atoms with E-state index in [2.05, 4.69) is 10.2 Å². The van der Waals surface area contributed by atoms with Gasteiger partial charge in [-0.15, -0.1) is 0 Å². The topological polar surface area (TPSA) is 75.2 Å². The molecule has 0 amide bonds. The average Bonchev–Trinajstić information content (AvgIpc) is 2.67. The highest BCUT2D eigenvalue weighted by Crippen LogP contribution is 2.41. The monoisotopic (exact) mass is 298 g/mol. The molecule has 1 aromatic carbocycles. The standard InChI is InChI=1S/C12H8Cl2N2O3/c13-5-3-7-9-6(10(12(17)18)16-15-9)1-2-19-11(7)8(14)4-5/h3-4H,1-2H2,(H,15,16)(H,17,18). The number of hydrogen-bond donors (Lipinski definition) is 2. The summed E-state index contributed by atoms with van der Waals surface area (Å²) in [6.45, 7) is 0.334. The third-order valence-corrected chi connectivity index (χ3v) is 3.44. The molecule has 0 saturated carbocycles. The van der Waals surface area contributed by atoms with Crippen molar-refractivity contribution in [1.82, 2.24) is 10.2 Å². The molecular formula is C12H8Cl2N2O3. The zero-order valence-electron chi connectivity index (χ0n) is 9.54. The highest BCUT2D eigenvalue weighted by molar-refractivity contribution is 6.36. The van der Waals surface area contributed by atoms with E-state index in [1.54, 1.807) is 12.1 Å². The Morgan fingerprint density at radius 1 is 1.42 bits per heavy atom. The lowest BCUT2D eigenvalue weighted by Gasteiger charge is -2.09. The molecule has 3 rings (SSSR count). The van der Waals surface area contributed by atoms with Gasteiger partial charge < -0.3 is 9.84 Å². The van der Waals surface area contributed by atoms with Crippen LogP contribution in [0, 0.1) is 0 Å². The van der Waals surface area contributed by atoms with Crippen LogP contribution in [0.3, 0.4) is 0 Å². The number of ether oxygens (including phenoxy) is 1. The van der Waals surface area contributed by atoms with Crippen LogP contribution in [0.5, 0.6) is 5.75 Å². The van der Waals surface area contributed by atoms with E-state index in [-0.39, 0.29) is 5.69 Å². The summed E-state index contributed by atoms with van der Waals surface area (Å²) in [5.74, 6) is -0.571. The molecule has 1 aromatic heterocycles. The SMILES string of the molecule is O=C(O)c1[nH]nc2c1CCOc1c(Cl)cc(Cl)cc1-2. The zero-order valence-corrected chi connectivity index (χ0v) is 11.0. The number of aromatic nitrogens is 2. The van der Waals surface area contributed by atoms with Crippen LogP contribution in [-0.4, -0.2) is 27.9 Å². The maximum atomic E-state index is 11.1. The molecule has 1 aliphatic heterocycles. The molecule has 5 nitrogen and oxygen atoms in total. The number of hydrogen-bond acceptors (Lipinski definition) is 3. The fourth-order valence-electron chi connectivity index (χ4n) is 2.15. The maximum absolute atomic E-state index is 11.1. The number of rotatable bonds is 1. The van der Waals surface area contributed by atoms with Gasteiger partial charge in [-0.2, -0.15) is 5.10 Å². The Balaban J connectivity index is 2.28. The minimum atomic E-state index is -1.05. The van der Waals surface area contributed by atoms with Crippen molar-refractivity contribution >= 4 is 29.2 Å². The average molecular weight is 299 g/mol. The van der Waals surface area contributed by atoms with E-state index in [0.717, 1.165) is 0 Å². The third kappa shape index (κ3) is 1.95. The first-order chi connectivity index (χ1) is 9.08. The molecule has 2 heterocycles. The van der Waals surface area contributed by atoms with Crippen molar-refractivity contribution in [2.75, 3.05) is 6.61 Å². The van der Waals surface area contributed by atoms with Gasteiger partial charge in [0.2, 0.25) is 0 Å². The number of fused-ring (bicyclic) bond motifs is 3. The van der Waals surface area contributed by atoms with Crippen LogP contribution in [0.2, 0.25) is 10.0 Å². The minimum Gasteiger partial charge on any atom is -0.491 e. The van der Waals surface area contributed by atoms with E-state index in [1.807, 2.05) is 0 Å². The molecule has 0 spiro atoms. The van der Waals surface area contributed by atoms with Gasteiger partial charge in [0, 0.05) is 22.6 Å². The van der Waals surface area contributed by atoms with Crippen LogP contribution in [0.1, 0.15) is 16.1 Å². The van der Waals surface area contributed by atoms with E-state index in [1.165, 1.54) is 0 Å². The van der Waals surface area contributed by atoms with E-state index in [9.17, 15) is 4.79 Å². The van der Waals surface area contributed by atoms with Gasteiger partial charge in [-0.05, 0) is 12.1 Å². The molecule has 0 radical (unpaired) electrons. The van der Waals surface area contributed by atoms with Crippen molar-refractivity contribution in [1.29, 1.82) is 0 Å². The second-order valence-electron chi connectivity index (χ2n) is 4.09. The Morgan fingerprint density at radius 3 is 2.95 bits per heavy atom. The number of carbonyl (C=O) groups is 1. The molecule has 0 fully saturated rings. The number of H-pyrrole nitrogens is 1. The second kappa shape index (κ2) is 4.43. The van der Waals surface area contributed by atoms with Gasteiger partial charge in [0.1, 0.15) is 17.1 Å². The Labute approximate surface area is 118 Å². The number of nitrogens with one attached hydrogen (secondary N) is 1. The van der Waals surface area contributed by atoms with Crippen molar-refractivity contribution in [3.05, 3.63) is 33.4 Å². The summed E-state index contributed by atoms with van der Waals surface area (Å²) in [5, 5.41) is 16.5. The fraction of sp³-hybridized carbons (Fsp3) is 0.167. The quantitative estimate of drug-likeness (QED) is 0.848. The van der Waals surface area contributed by atoms with Crippen molar-refractivity contribution in [3.8, 4) is 17.0 Å². The Morgan fingerprint density at radius 2 is 2.21 bits per heavy atom. The first-order valence-electron chi connectivity index (χ1n) is 5.50. The van der Waals surface area contributed by atoms with Crippen LogP contribution >= 0.6 is 23.2 Å². The summed E-state index contributed by atoms with van der Waals surface area (Å²) in [5.41, 5.74) is 1.80. The Hall–Kier alpha value is -1.72. The summed E-state index contributed by atoms with van der Waals surface area (Å²) in [7, 11) is 0. The van der Waals surface area contributed by atoms with Crippen LogP contribution < -0.4 is 4.74 Å². The third-order valence-electron chi connectivity index (χ3n) is 2.94. The normalized spacial score (nSPS) is 13.2. The molecule has 0 unspecified atom stereocenters. The minimum absolute atomic E-state index is 0.0718. The number of aromatic carboxylic acids is 1. The summed E-state index contributed by atoms with van der Waals surface area (Å²) in [6.07, 6.45) is 0.441. The largest absolute Gasteiger partial charge is 0.491 e. The highest BCUT2D eigenvalue weighted by Gasteiger charge is 2.26. The predicted molar refractivity (Wildman–Crippen MR) is 70.2 cm³/mol. The summed E-state index contributed by atoms with van der Waals surface area (Å²) in [4.78, 5) is 11.1. The molecule has 1 aliphatic rings. The van der Waals surface area contributed by atoms with Crippen molar-refractivity contribution in [2.24, 2.45) is 0 Å². The summed E-state index contributed by atoms with van der Waals surface area (Å²) >= 11 is 12.1. The molecule has 98 valence electrons. The molecule has 0 bridgehead atoms. The molecular weight excluding hydrogens is 291 g/mol. The van der Waals surface area contributed by atoms with Crippen molar-refractivity contribution < 1.29 is 14.6 Å². The molecule has 0 atom stereocenters. The number of carboxylic acid groups (broad SMARTS) is 1. The molecule has 7 heteroatoms. The van der Waals surface area contributed by atoms with Crippen LogP contribution in [-0.2, 0) is 6.42 Å². The number of benzene rings is 1. The number of nitrogens with zero attached hydrogens (tertiary/aromatic N) is 1. The Bertz CT molecular complexity index is 682. The van der Waals surface area contributed by atoms with Crippen LogP contribution in [0.4, 0.5) is 0 Å². The summed E-state index contributed by atoms with van der Waals surface area (Å²) < 4.78 is 5.57. The van der Waals surface area contributed by atoms with E-state index < -0.39 is 5.97 Å². The second-order valence-corrected chi connectivity index (χ2v) is 4.94. The molecule has 2 aromatic rings. The predicted octanol–water partition coefficient (Wildman–Crippen LogP) is 3.02. The van der Waals surface area contributed by atoms with Crippen molar-refractivity contribution in [2.45, 2.75) is 6.42 Å². The zero-order chi connectivity index (χ0) is 13.6. The van der Waals surface area contributed by atoms with Crippen molar-refractivity contribution in [3.63, 3.8) is 0 Å². The van der Waals surface area contributed by atoms with E-state index >= 15 is 0 Å². The van der Waals surface area contributed by atoms with E-state index in [4.69, 9.17) is 33.0 Å². The first-order valence-corrected chi connectivity index (χ1v) is 6.26.